The zero-order valence-electron chi connectivity index (χ0n) is 14.6. The van der Waals surface area contributed by atoms with Gasteiger partial charge in [-0.1, -0.05) is 32.1 Å². The molecule has 5 heteroatoms. The number of rotatable bonds is 7. The van der Waals surface area contributed by atoms with Gasteiger partial charge in [-0.25, -0.2) is 4.39 Å². The fourth-order valence-electron chi connectivity index (χ4n) is 2.27. The van der Waals surface area contributed by atoms with Gasteiger partial charge in [-0.3, -0.25) is 4.99 Å². The molecule has 1 N–H and O–H groups in total. The highest BCUT2D eigenvalue weighted by atomic mass is 127. The molecule has 0 atom stereocenters. The first-order valence-corrected chi connectivity index (χ1v) is 7.69. The topological polar surface area (TPSA) is 27.6 Å². The normalized spacial score (nSPS) is 11.6. The fraction of sp³-hybridized carbons (Fsp3) is 0.500. The minimum absolute atomic E-state index is 0. The van der Waals surface area contributed by atoms with E-state index in [2.05, 4.69) is 35.6 Å². The summed E-state index contributed by atoms with van der Waals surface area (Å²) < 4.78 is 13.0. The van der Waals surface area contributed by atoms with Crippen LogP contribution >= 0.6 is 24.0 Å². The van der Waals surface area contributed by atoms with Gasteiger partial charge < -0.3 is 10.2 Å². The van der Waals surface area contributed by atoms with Crippen molar-refractivity contribution in [1.29, 1.82) is 0 Å². The average molecular weight is 433 g/mol. The van der Waals surface area contributed by atoms with E-state index < -0.39 is 0 Å². The molecule has 1 aromatic carbocycles. The molecule has 0 aromatic heterocycles. The SMILES string of the molecule is C=CCCCN(C)C(=NC)NCC(C)(C)c1ccc(F)cc1.I. The van der Waals surface area contributed by atoms with E-state index >= 15 is 0 Å². The summed E-state index contributed by atoms with van der Waals surface area (Å²) in [4.78, 5) is 6.44. The number of aliphatic imine (C=N–C) groups is 1. The van der Waals surface area contributed by atoms with E-state index in [1.54, 1.807) is 7.05 Å². The van der Waals surface area contributed by atoms with Gasteiger partial charge in [0.05, 0.1) is 0 Å². The molecule has 130 valence electrons. The number of nitrogens with one attached hydrogen (secondary N) is 1. The first-order chi connectivity index (χ1) is 10.4. The van der Waals surface area contributed by atoms with Gasteiger partial charge in [0.1, 0.15) is 5.82 Å². The number of guanidine groups is 1. The van der Waals surface area contributed by atoms with Gasteiger partial charge in [0, 0.05) is 32.6 Å². The maximum atomic E-state index is 13.0. The molecule has 23 heavy (non-hydrogen) atoms. The van der Waals surface area contributed by atoms with Crippen molar-refractivity contribution >= 4 is 29.9 Å². The molecule has 0 heterocycles. The van der Waals surface area contributed by atoms with Gasteiger partial charge in [0.25, 0.3) is 0 Å². The smallest absolute Gasteiger partial charge is 0.193 e. The summed E-state index contributed by atoms with van der Waals surface area (Å²) in [5.74, 6) is 0.671. The Morgan fingerprint density at radius 3 is 2.48 bits per heavy atom. The molecule has 3 nitrogen and oxygen atoms in total. The van der Waals surface area contributed by atoms with E-state index in [1.807, 2.05) is 25.3 Å². The lowest BCUT2D eigenvalue weighted by Crippen LogP contribution is -2.44. The molecule has 0 fully saturated rings. The van der Waals surface area contributed by atoms with Crippen molar-refractivity contribution in [2.75, 3.05) is 27.2 Å². The molecule has 0 amide bonds. The monoisotopic (exact) mass is 433 g/mol. The molecule has 0 saturated heterocycles. The van der Waals surface area contributed by atoms with Gasteiger partial charge in [-0.2, -0.15) is 0 Å². The minimum atomic E-state index is -0.203. The summed E-state index contributed by atoms with van der Waals surface area (Å²) in [7, 11) is 3.82. The summed E-state index contributed by atoms with van der Waals surface area (Å²) in [6.45, 7) is 9.68. The first kappa shape index (κ1) is 21.9. The van der Waals surface area contributed by atoms with E-state index in [1.165, 1.54) is 12.1 Å². The summed E-state index contributed by atoms with van der Waals surface area (Å²) in [6, 6.07) is 6.70. The summed E-state index contributed by atoms with van der Waals surface area (Å²) in [5, 5.41) is 3.41. The van der Waals surface area contributed by atoms with Crippen molar-refractivity contribution in [2.45, 2.75) is 32.1 Å². The predicted octanol–water partition coefficient (Wildman–Crippen LogP) is 4.19. The van der Waals surface area contributed by atoms with Crippen LogP contribution in [0.15, 0.2) is 41.9 Å². The van der Waals surface area contributed by atoms with Crippen LogP contribution < -0.4 is 5.32 Å². The van der Waals surface area contributed by atoms with Crippen LogP contribution in [0.25, 0.3) is 0 Å². The van der Waals surface area contributed by atoms with Crippen molar-refractivity contribution < 1.29 is 4.39 Å². The number of hydrogen-bond donors (Lipinski definition) is 1. The number of hydrogen-bond acceptors (Lipinski definition) is 1. The Morgan fingerprint density at radius 2 is 1.96 bits per heavy atom. The molecule has 1 rings (SSSR count). The van der Waals surface area contributed by atoms with Crippen LogP contribution in [-0.2, 0) is 5.41 Å². The van der Waals surface area contributed by atoms with E-state index in [0.717, 1.165) is 37.5 Å². The average Bonchev–Trinajstić information content (AvgIpc) is 2.48. The number of halogens is 2. The molecule has 0 aliphatic rings. The van der Waals surface area contributed by atoms with Crippen molar-refractivity contribution in [1.82, 2.24) is 10.2 Å². The second-order valence-electron chi connectivity index (χ2n) is 6.14. The van der Waals surface area contributed by atoms with Crippen LogP contribution in [-0.4, -0.2) is 38.0 Å². The van der Waals surface area contributed by atoms with E-state index in [-0.39, 0.29) is 35.2 Å². The zero-order valence-corrected chi connectivity index (χ0v) is 16.9. The van der Waals surface area contributed by atoms with Gasteiger partial charge in [0.2, 0.25) is 0 Å². The second kappa shape index (κ2) is 10.6. The summed E-state index contributed by atoms with van der Waals surface area (Å²) in [5.41, 5.74) is 0.997. The maximum absolute atomic E-state index is 13.0. The van der Waals surface area contributed by atoms with Crippen LogP contribution in [0.4, 0.5) is 4.39 Å². The van der Waals surface area contributed by atoms with Crippen molar-refractivity contribution in [3.63, 3.8) is 0 Å². The number of benzene rings is 1. The second-order valence-corrected chi connectivity index (χ2v) is 6.14. The molecular formula is C18H29FIN3. The summed E-state index contributed by atoms with van der Waals surface area (Å²) in [6.07, 6.45) is 3.99. The highest BCUT2D eigenvalue weighted by Crippen LogP contribution is 2.22. The lowest BCUT2D eigenvalue weighted by Gasteiger charge is -2.29. The molecule has 0 aliphatic carbocycles. The molecule has 0 unspecified atom stereocenters. The van der Waals surface area contributed by atoms with E-state index in [9.17, 15) is 4.39 Å². The molecule has 0 aliphatic heterocycles. The van der Waals surface area contributed by atoms with Gasteiger partial charge in [0.15, 0.2) is 5.96 Å². The summed E-state index contributed by atoms with van der Waals surface area (Å²) >= 11 is 0. The largest absolute Gasteiger partial charge is 0.355 e. The van der Waals surface area contributed by atoms with Gasteiger partial charge >= 0.3 is 0 Å². The van der Waals surface area contributed by atoms with E-state index in [0.29, 0.717) is 0 Å². The number of nitrogens with zero attached hydrogens (tertiary/aromatic N) is 2. The standard InChI is InChI=1S/C18H28FN3.HI/c1-6-7-8-13-22(5)17(20-4)21-14-18(2,3)15-9-11-16(19)12-10-15;/h6,9-12H,1,7-8,13-14H2,2-5H3,(H,20,21);1H. The fourth-order valence-corrected chi connectivity index (χ4v) is 2.27. The Balaban J connectivity index is 0.00000484. The molecular weight excluding hydrogens is 404 g/mol. The molecule has 0 bridgehead atoms. The lowest BCUT2D eigenvalue weighted by atomic mass is 9.84. The third-order valence-corrected chi connectivity index (χ3v) is 3.79. The van der Waals surface area contributed by atoms with Crippen LogP contribution in [0.2, 0.25) is 0 Å². The Labute approximate surface area is 157 Å². The quantitative estimate of drug-likeness (QED) is 0.230. The Morgan fingerprint density at radius 1 is 1.35 bits per heavy atom. The number of allylic oxidation sites excluding steroid dienone is 1. The molecule has 1 aromatic rings. The Kier molecular flexibility index (Phi) is 10.1. The highest BCUT2D eigenvalue weighted by molar-refractivity contribution is 14.0. The molecule has 0 radical (unpaired) electrons. The zero-order chi connectivity index (χ0) is 16.6. The minimum Gasteiger partial charge on any atom is -0.355 e. The van der Waals surface area contributed by atoms with Gasteiger partial charge in [-0.15, -0.1) is 30.6 Å². The third-order valence-electron chi connectivity index (χ3n) is 3.79. The Hall–Kier alpha value is -1.11. The maximum Gasteiger partial charge on any atom is 0.193 e. The van der Waals surface area contributed by atoms with Crippen molar-refractivity contribution in [2.24, 2.45) is 4.99 Å². The van der Waals surface area contributed by atoms with Gasteiger partial charge in [-0.05, 0) is 30.5 Å². The van der Waals surface area contributed by atoms with Crippen molar-refractivity contribution in [3.8, 4) is 0 Å². The van der Waals surface area contributed by atoms with Crippen LogP contribution in [0.3, 0.4) is 0 Å². The van der Waals surface area contributed by atoms with E-state index in [4.69, 9.17) is 0 Å². The van der Waals surface area contributed by atoms with Crippen LogP contribution in [0, 0.1) is 5.82 Å². The van der Waals surface area contributed by atoms with Crippen LogP contribution in [0.5, 0.6) is 0 Å². The Bertz CT molecular complexity index is 497. The molecule has 0 saturated carbocycles. The lowest BCUT2D eigenvalue weighted by molar-refractivity contribution is 0.446. The van der Waals surface area contributed by atoms with Crippen molar-refractivity contribution in [3.05, 3.63) is 48.3 Å². The molecule has 0 spiro atoms. The number of unbranched alkanes of at least 4 members (excludes halogenated alkanes) is 1. The first-order valence-electron chi connectivity index (χ1n) is 7.69. The van der Waals surface area contributed by atoms with Crippen LogP contribution in [0.1, 0.15) is 32.3 Å². The predicted molar refractivity (Wildman–Crippen MR) is 108 cm³/mol. The highest BCUT2D eigenvalue weighted by Gasteiger charge is 2.21. The third kappa shape index (κ3) is 7.33.